The molecule has 1 aliphatic heterocycles. The van der Waals surface area contributed by atoms with Crippen molar-refractivity contribution in [1.29, 1.82) is 5.26 Å². The Labute approximate surface area is 120 Å². The molecule has 1 saturated heterocycles. The van der Waals surface area contributed by atoms with Crippen LogP contribution in [0.15, 0.2) is 18.2 Å². The van der Waals surface area contributed by atoms with E-state index in [1.54, 1.807) is 13.2 Å². The van der Waals surface area contributed by atoms with E-state index in [9.17, 15) is 0 Å². The first-order valence-corrected chi connectivity index (χ1v) is 7.23. The van der Waals surface area contributed by atoms with Crippen molar-refractivity contribution in [3.63, 3.8) is 0 Å². The SMILES string of the molecule is COc1cc(CNCCC2CCCCO2)ccc1C#N. The van der Waals surface area contributed by atoms with Gasteiger partial charge in [0.2, 0.25) is 0 Å². The third-order valence-corrected chi connectivity index (χ3v) is 3.63. The largest absolute Gasteiger partial charge is 0.495 e. The van der Waals surface area contributed by atoms with E-state index >= 15 is 0 Å². The number of nitriles is 1. The van der Waals surface area contributed by atoms with Crippen LogP contribution >= 0.6 is 0 Å². The quantitative estimate of drug-likeness (QED) is 0.810. The third-order valence-electron chi connectivity index (χ3n) is 3.63. The van der Waals surface area contributed by atoms with Gasteiger partial charge in [0.1, 0.15) is 11.8 Å². The summed E-state index contributed by atoms with van der Waals surface area (Å²) in [6.45, 7) is 2.65. The molecule has 0 bridgehead atoms. The summed E-state index contributed by atoms with van der Waals surface area (Å²) in [4.78, 5) is 0. The minimum Gasteiger partial charge on any atom is -0.495 e. The normalized spacial score (nSPS) is 18.5. The Kier molecular flexibility index (Phi) is 5.85. The van der Waals surface area contributed by atoms with Crippen LogP contribution in [0.2, 0.25) is 0 Å². The Balaban J connectivity index is 1.75. The molecule has 0 saturated carbocycles. The Bertz CT molecular complexity index is 462. The predicted molar refractivity (Wildman–Crippen MR) is 77.6 cm³/mol. The summed E-state index contributed by atoms with van der Waals surface area (Å²) in [6.07, 6.45) is 5.17. The van der Waals surface area contributed by atoms with Gasteiger partial charge in [0.05, 0.1) is 18.8 Å². The molecule has 1 aromatic carbocycles. The molecule has 108 valence electrons. The molecule has 1 unspecified atom stereocenters. The number of methoxy groups -OCH3 is 1. The standard InChI is InChI=1S/C16H22N2O2/c1-19-16-10-13(5-6-14(16)11-17)12-18-8-7-15-4-2-3-9-20-15/h5-6,10,15,18H,2-4,7-9,12H2,1H3. The van der Waals surface area contributed by atoms with E-state index in [-0.39, 0.29) is 0 Å². The third kappa shape index (κ3) is 4.22. The van der Waals surface area contributed by atoms with Gasteiger partial charge in [0, 0.05) is 13.2 Å². The van der Waals surface area contributed by atoms with Crippen molar-refractivity contribution >= 4 is 0 Å². The summed E-state index contributed by atoms with van der Waals surface area (Å²) in [5, 5.41) is 12.4. The van der Waals surface area contributed by atoms with Gasteiger partial charge >= 0.3 is 0 Å². The number of ether oxygens (including phenoxy) is 2. The zero-order valence-corrected chi connectivity index (χ0v) is 12.0. The summed E-state index contributed by atoms with van der Waals surface area (Å²) in [5.41, 5.74) is 1.71. The summed E-state index contributed by atoms with van der Waals surface area (Å²) in [5.74, 6) is 0.641. The molecule has 0 amide bonds. The first kappa shape index (κ1) is 14.8. The zero-order chi connectivity index (χ0) is 14.2. The molecule has 20 heavy (non-hydrogen) atoms. The fraction of sp³-hybridized carbons (Fsp3) is 0.562. The predicted octanol–water partition coefficient (Wildman–Crippen LogP) is 2.62. The van der Waals surface area contributed by atoms with Gasteiger partial charge in [0.15, 0.2) is 0 Å². The van der Waals surface area contributed by atoms with Crippen LogP contribution in [0.1, 0.15) is 36.8 Å². The average molecular weight is 274 g/mol. The second-order valence-corrected chi connectivity index (χ2v) is 5.10. The molecule has 0 radical (unpaired) electrons. The molecule has 1 aromatic rings. The van der Waals surface area contributed by atoms with Gasteiger partial charge in [-0.05, 0) is 49.9 Å². The molecule has 1 heterocycles. The highest BCUT2D eigenvalue weighted by molar-refractivity contribution is 5.45. The second kappa shape index (κ2) is 7.88. The fourth-order valence-electron chi connectivity index (χ4n) is 2.47. The van der Waals surface area contributed by atoms with E-state index in [1.807, 2.05) is 12.1 Å². The first-order valence-electron chi connectivity index (χ1n) is 7.23. The lowest BCUT2D eigenvalue weighted by molar-refractivity contribution is 0.0115. The van der Waals surface area contributed by atoms with Gasteiger partial charge in [0.25, 0.3) is 0 Å². The van der Waals surface area contributed by atoms with Crippen molar-refractivity contribution in [3.05, 3.63) is 29.3 Å². The lowest BCUT2D eigenvalue weighted by Gasteiger charge is -2.22. The lowest BCUT2D eigenvalue weighted by atomic mass is 10.1. The lowest BCUT2D eigenvalue weighted by Crippen LogP contribution is -2.25. The Morgan fingerprint density at radius 3 is 3.05 bits per heavy atom. The molecular weight excluding hydrogens is 252 g/mol. The van der Waals surface area contributed by atoms with Gasteiger partial charge in [-0.3, -0.25) is 0 Å². The number of nitrogens with one attached hydrogen (secondary N) is 1. The summed E-state index contributed by atoms with van der Waals surface area (Å²) in [7, 11) is 1.59. The Morgan fingerprint density at radius 1 is 1.45 bits per heavy atom. The van der Waals surface area contributed by atoms with E-state index in [0.29, 0.717) is 17.4 Å². The maximum absolute atomic E-state index is 8.94. The van der Waals surface area contributed by atoms with Crippen molar-refractivity contribution in [2.45, 2.75) is 38.3 Å². The molecule has 0 aliphatic carbocycles. The summed E-state index contributed by atoms with van der Waals surface area (Å²) >= 11 is 0. The van der Waals surface area contributed by atoms with Gasteiger partial charge in [-0.2, -0.15) is 5.26 Å². The first-order chi connectivity index (χ1) is 9.83. The van der Waals surface area contributed by atoms with E-state index in [0.717, 1.165) is 31.7 Å². The number of nitrogens with zero attached hydrogens (tertiary/aromatic N) is 1. The highest BCUT2D eigenvalue weighted by atomic mass is 16.5. The number of hydrogen-bond donors (Lipinski definition) is 1. The molecule has 0 aromatic heterocycles. The summed E-state index contributed by atoms with van der Waals surface area (Å²) in [6, 6.07) is 7.81. The fourth-order valence-corrected chi connectivity index (χ4v) is 2.47. The Hall–Kier alpha value is -1.57. The highest BCUT2D eigenvalue weighted by Gasteiger charge is 2.12. The van der Waals surface area contributed by atoms with Crippen LogP contribution in [-0.4, -0.2) is 26.4 Å². The van der Waals surface area contributed by atoms with E-state index in [4.69, 9.17) is 14.7 Å². The van der Waals surface area contributed by atoms with E-state index in [2.05, 4.69) is 11.4 Å². The molecular formula is C16H22N2O2. The summed E-state index contributed by atoms with van der Waals surface area (Å²) < 4.78 is 10.9. The van der Waals surface area contributed by atoms with Gasteiger partial charge in [-0.15, -0.1) is 0 Å². The van der Waals surface area contributed by atoms with Crippen LogP contribution < -0.4 is 10.1 Å². The van der Waals surface area contributed by atoms with E-state index < -0.39 is 0 Å². The topological polar surface area (TPSA) is 54.3 Å². The smallest absolute Gasteiger partial charge is 0.136 e. The van der Waals surface area contributed by atoms with Gasteiger partial charge in [-0.1, -0.05) is 6.07 Å². The molecule has 4 nitrogen and oxygen atoms in total. The number of hydrogen-bond acceptors (Lipinski definition) is 4. The van der Waals surface area contributed by atoms with Crippen LogP contribution in [0.3, 0.4) is 0 Å². The van der Waals surface area contributed by atoms with Crippen molar-refractivity contribution in [2.24, 2.45) is 0 Å². The Morgan fingerprint density at radius 2 is 2.35 bits per heavy atom. The average Bonchev–Trinajstić information content (AvgIpc) is 2.52. The van der Waals surface area contributed by atoms with Gasteiger partial charge < -0.3 is 14.8 Å². The molecule has 1 atom stereocenters. The highest BCUT2D eigenvalue weighted by Crippen LogP contribution is 2.19. The molecule has 1 aliphatic rings. The number of rotatable bonds is 6. The van der Waals surface area contributed by atoms with Crippen LogP contribution in [0.5, 0.6) is 5.75 Å². The van der Waals surface area contributed by atoms with Crippen molar-refractivity contribution in [1.82, 2.24) is 5.32 Å². The van der Waals surface area contributed by atoms with Crippen molar-refractivity contribution in [3.8, 4) is 11.8 Å². The maximum atomic E-state index is 8.94. The second-order valence-electron chi connectivity index (χ2n) is 5.10. The van der Waals surface area contributed by atoms with E-state index in [1.165, 1.54) is 19.3 Å². The maximum Gasteiger partial charge on any atom is 0.136 e. The molecule has 2 rings (SSSR count). The molecule has 0 spiro atoms. The molecule has 1 fully saturated rings. The zero-order valence-electron chi connectivity index (χ0n) is 12.0. The van der Waals surface area contributed by atoms with Gasteiger partial charge in [-0.25, -0.2) is 0 Å². The van der Waals surface area contributed by atoms with Crippen molar-refractivity contribution < 1.29 is 9.47 Å². The van der Waals surface area contributed by atoms with Crippen LogP contribution in [0, 0.1) is 11.3 Å². The van der Waals surface area contributed by atoms with Crippen LogP contribution in [-0.2, 0) is 11.3 Å². The minimum absolute atomic E-state index is 0.423. The van der Waals surface area contributed by atoms with Crippen molar-refractivity contribution in [2.75, 3.05) is 20.3 Å². The molecule has 4 heteroatoms. The minimum atomic E-state index is 0.423. The van der Waals surface area contributed by atoms with Crippen LogP contribution in [0.4, 0.5) is 0 Å². The number of benzene rings is 1. The van der Waals surface area contributed by atoms with Crippen LogP contribution in [0.25, 0.3) is 0 Å². The molecule has 1 N–H and O–H groups in total. The monoisotopic (exact) mass is 274 g/mol.